The predicted molar refractivity (Wildman–Crippen MR) is 171 cm³/mol. The van der Waals surface area contributed by atoms with E-state index in [1.54, 1.807) is 78.9 Å². The van der Waals surface area contributed by atoms with Crippen LogP contribution in [-0.2, 0) is 19.6 Å². The van der Waals surface area contributed by atoms with Crippen LogP contribution in [0.3, 0.4) is 0 Å². The molecule has 0 aliphatic rings. The van der Waals surface area contributed by atoms with E-state index >= 15 is 0 Å². The van der Waals surface area contributed by atoms with Gasteiger partial charge in [0.15, 0.2) is 6.61 Å². The third-order valence-electron chi connectivity index (χ3n) is 6.30. The number of hydrazone groups is 1. The van der Waals surface area contributed by atoms with Crippen molar-refractivity contribution in [2.45, 2.75) is 18.7 Å². The SMILES string of the molecule is COc1ccc(C)cc1N(CC(=O)N/N=C\c1ccc(OCC(=O)Nc2ccccc2Cl)cc1)S(=O)(=O)c1ccc(C)cc1. The lowest BCUT2D eigenvalue weighted by molar-refractivity contribution is -0.119. The minimum Gasteiger partial charge on any atom is -0.495 e. The molecular weight excluding hydrogens is 604 g/mol. The van der Waals surface area contributed by atoms with E-state index in [1.165, 1.54) is 25.5 Å². The minimum absolute atomic E-state index is 0.0339. The number of halogens is 1. The lowest BCUT2D eigenvalue weighted by Crippen LogP contribution is -2.39. The maximum Gasteiger partial charge on any atom is 0.264 e. The number of benzene rings is 4. The Morgan fingerprint density at radius 2 is 1.59 bits per heavy atom. The Labute approximate surface area is 261 Å². The summed E-state index contributed by atoms with van der Waals surface area (Å²) in [5.41, 5.74) is 5.42. The summed E-state index contributed by atoms with van der Waals surface area (Å²) in [6.07, 6.45) is 1.40. The number of ether oxygens (including phenoxy) is 2. The molecule has 0 atom stereocenters. The van der Waals surface area contributed by atoms with Gasteiger partial charge in [0.25, 0.3) is 21.8 Å². The summed E-state index contributed by atoms with van der Waals surface area (Å²) >= 11 is 6.06. The summed E-state index contributed by atoms with van der Waals surface area (Å²) in [6.45, 7) is 2.90. The molecule has 0 saturated heterocycles. The van der Waals surface area contributed by atoms with Crippen LogP contribution in [0.4, 0.5) is 11.4 Å². The van der Waals surface area contributed by atoms with Gasteiger partial charge in [-0.05, 0) is 85.6 Å². The summed E-state index contributed by atoms with van der Waals surface area (Å²) in [4.78, 5) is 25.2. The third-order valence-corrected chi connectivity index (χ3v) is 8.40. The van der Waals surface area contributed by atoms with Crippen molar-refractivity contribution in [3.63, 3.8) is 0 Å². The Morgan fingerprint density at radius 3 is 2.27 bits per heavy atom. The first kappa shape index (κ1) is 32.1. The molecule has 2 amide bonds. The van der Waals surface area contributed by atoms with E-state index in [-0.39, 0.29) is 23.1 Å². The van der Waals surface area contributed by atoms with Gasteiger partial charge in [0, 0.05) is 0 Å². The van der Waals surface area contributed by atoms with E-state index in [0.29, 0.717) is 27.8 Å². The van der Waals surface area contributed by atoms with Crippen molar-refractivity contribution in [3.05, 3.63) is 113 Å². The topological polar surface area (TPSA) is 126 Å². The normalized spacial score (nSPS) is 11.2. The van der Waals surface area contributed by atoms with E-state index in [4.69, 9.17) is 21.1 Å². The monoisotopic (exact) mass is 634 g/mol. The number of nitrogens with zero attached hydrogens (tertiary/aromatic N) is 2. The van der Waals surface area contributed by atoms with E-state index in [1.807, 2.05) is 13.8 Å². The number of amides is 2. The highest BCUT2D eigenvalue weighted by atomic mass is 35.5. The summed E-state index contributed by atoms with van der Waals surface area (Å²) in [6, 6.07) is 25.0. The van der Waals surface area contributed by atoms with Crippen LogP contribution >= 0.6 is 11.6 Å². The van der Waals surface area contributed by atoms with Crippen molar-refractivity contribution in [2.24, 2.45) is 5.10 Å². The maximum absolute atomic E-state index is 13.7. The number of rotatable bonds is 12. The molecule has 0 fully saturated rings. The van der Waals surface area contributed by atoms with Gasteiger partial charge in [0.1, 0.15) is 18.0 Å². The number of aryl methyl sites for hydroxylation is 2. The van der Waals surface area contributed by atoms with Gasteiger partial charge in [-0.3, -0.25) is 13.9 Å². The van der Waals surface area contributed by atoms with Crippen molar-refractivity contribution >= 4 is 51.0 Å². The van der Waals surface area contributed by atoms with Crippen LogP contribution < -0.4 is 24.5 Å². The first-order chi connectivity index (χ1) is 21.1. The second-order valence-electron chi connectivity index (χ2n) is 9.68. The van der Waals surface area contributed by atoms with Crippen LogP contribution in [0, 0.1) is 13.8 Å². The first-order valence-corrected chi connectivity index (χ1v) is 15.2. The molecule has 0 aliphatic carbocycles. The number of sulfonamides is 1. The Hall–Kier alpha value is -4.87. The van der Waals surface area contributed by atoms with Gasteiger partial charge in [-0.25, -0.2) is 13.8 Å². The average Bonchev–Trinajstić information content (AvgIpc) is 3.01. The summed E-state index contributed by atoms with van der Waals surface area (Å²) < 4.78 is 39.3. The van der Waals surface area contributed by atoms with Crippen LogP contribution in [0.15, 0.2) is 101 Å². The van der Waals surface area contributed by atoms with Crippen LogP contribution in [0.2, 0.25) is 5.02 Å². The fourth-order valence-corrected chi connectivity index (χ4v) is 5.63. The van der Waals surface area contributed by atoms with Gasteiger partial charge in [-0.15, -0.1) is 0 Å². The molecule has 44 heavy (non-hydrogen) atoms. The van der Waals surface area contributed by atoms with Crippen molar-refractivity contribution in [3.8, 4) is 11.5 Å². The van der Waals surface area contributed by atoms with Gasteiger partial charge in [-0.2, -0.15) is 5.10 Å². The Balaban J connectivity index is 1.40. The zero-order chi connectivity index (χ0) is 31.7. The molecule has 10 nitrogen and oxygen atoms in total. The zero-order valence-corrected chi connectivity index (χ0v) is 25.9. The first-order valence-electron chi connectivity index (χ1n) is 13.4. The molecule has 4 aromatic carbocycles. The van der Waals surface area contributed by atoms with Crippen LogP contribution in [0.25, 0.3) is 0 Å². The number of carbonyl (C=O) groups excluding carboxylic acids is 2. The smallest absolute Gasteiger partial charge is 0.264 e. The molecule has 0 radical (unpaired) electrons. The van der Waals surface area contributed by atoms with Crippen molar-refractivity contribution < 1.29 is 27.5 Å². The number of hydrogen-bond donors (Lipinski definition) is 2. The second-order valence-corrected chi connectivity index (χ2v) is 11.9. The molecule has 228 valence electrons. The quantitative estimate of drug-likeness (QED) is 0.160. The average molecular weight is 635 g/mol. The van der Waals surface area contributed by atoms with Gasteiger partial charge in [-0.1, -0.05) is 47.5 Å². The fourth-order valence-electron chi connectivity index (χ4n) is 4.02. The number of carbonyl (C=O) groups is 2. The highest BCUT2D eigenvalue weighted by molar-refractivity contribution is 7.92. The standard InChI is InChI=1S/C32H31ClN4O6S/c1-22-8-15-26(16-9-22)44(40,41)37(29-18-23(2)10-17-30(29)42-3)20-31(38)36-34-19-24-11-13-25(14-12-24)43-21-32(39)35-28-7-5-4-6-27(28)33/h4-19H,20-21H2,1-3H3,(H,35,39)(H,36,38)/b34-19-. The minimum atomic E-state index is -4.14. The molecule has 0 bridgehead atoms. The van der Waals surface area contributed by atoms with Crippen LogP contribution in [0.1, 0.15) is 16.7 Å². The summed E-state index contributed by atoms with van der Waals surface area (Å²) in [5.74, 6) is -0.283. The van der Waals surface area contributed by atoms with E-state index in [9.17, 15) is 18.0 Å². The van der Waals surface area contributed by atoms with Gasteiger partial charge >= 0.3 is 0 Å². The zero-order valence-electron chi connectivity index (χ0n) is 24.3. The highest BCUT2D eigenvalue weighted by Crippen LogP contribution is 2.33. The molecule has 0 aliphatic heterocycles. The molecule has 0 heterocycles. The molecular formula is C32H31ClN4O6S. The largest absolute Gasteiger partial charge is 0.495 e. The lowest BCUT2D eigenvalue weighted by atomic mass is 10.2. The van der Waals surface area contributed by atoms with E-state index in [2.05, 4.69) is 15.8 Å². The third kappa shape index (κ3) is 8.36. The summed E-state index contributed by atoms with van der Waals surface area (Å²) in [5, 5.41) is 7.08. The van der Waals surface area contributed by atoms with E-state index < -0.39 is 22.5 Å². The number of hydrogen-bond acceptors (Lipinski definition) is 7. The Bertz CT molecular complexity index is 1760. The molecule has 2 N–H and O–H groups in total. The molecule has 0 saturated carbocycles. The number of nitrogens with one attached hydrogen (secondary N) is 2. The Kier molecular flexibility index (Phi) is 10.6. The van der Waals surface area contributed by atoms with Gasteiger partial charge in [0.2, 0.25) is 0 Å². The van der Waals surface area contributed by atoms with E-state index in [0.717, 1.165) is 15.4 Å². The highest BCUT2D eigenvalue weighted by Gasteiger charge is 2.29. The number of anilines is 2. The van der Waals surface area contributed by atoms with Crippen molar-refractivity contribution in [1.29, 1.82) is 0 Å². The predicted octanol–water partition coefficient (Wildman–Crippen LogP) is 5.33. The summed E-state index contributed by atoms with van der Waals surface area (Å²) in [7, 11) is -2.71. The second kappa shape index (κ2) is 14.5. The molecule has 4 aromatic rings. The molecule has 4 rings (SSSR count). The van der Waals surface area contributed by atoms with Crippen LogP contribution in [-0.4, -0.2) is 46.7 Å². The molecule has 0 spiro atoms. The van der Waals surface area contributed by atoms with Crippen molar-refractivity contribution in [2.75, 3.05) is 29.9 Å². The van der Waals surface area contributed by atoms with Gasteiger partial charge < -0.3 is 14.8 Å². The molecule has 0 unspecified atom stereocenters. The van der Waals surface area contributed by atoms with Crippen molar-refractivity contribution in [1.82, 2.24) is 5.43 Å². The maximum atomic E-state index is 13.7. The van der Waals surface area contributed by atoms with Crippen LogP contribution in [0.5, 0.6) is 11.5 Å². The molecule has 0 aromatic heterocycles. The fraction of sp³-hybridized carbons (Fsp3) is 0.156. The number of para-hydroxylation sites is 1. The Morgan fingerprint density at radius 1 is 0.909 bits per heavy atom. The lowest BCUT2D eigenvalue weighted by Gasteiger charge is -2.25. The number of methoxy groups -OCH3 is 1. The van der Waals surface area contributed by atoms with Gasteiger partial charge in [0.05, 0.1) is 34.6 Å². The molecule has 12 heteroatoms.